The molecule has 0 saturated carbocycles. The van der Waals surface area contributed by atoms with Gasteiger partial charge in [-0.15, -0.1) is 0 Å². The minimum Gasteiger partial charge on any atom is -0.468 e. The number of ether oxygens (including phenoxy) is 1. The second-order valence-corrected chi connectivity index (χ2v) is 7.47. The van der Waals surface area contributed by atoms with E-state index in [2.05, 4.69) is 6.07 Å². The minimum absolute atomic E-state index is 0.102. The molecule has 1 aromatic carbocycles. The highest BCUT2D eigenvalue weighted by atomic mass is 16.5. The van der Waals surface area contributed by atoms with Crippen LogP contribution in [0, 0.1) is 0 Å². The summed E-state index contributed by atoms with van der Waals surface area (Å²) in [5.41, 5.74) is 1.54. The van der Waals surface area contributed by atoms with Crippen molar-refractivity contribution in [3.05, 3.63) is 35.4 Å². The molecule has 0 aromatic heterocycles. The first-order valence-corrected chi connectivity index (χ1v) is 9.41. The molecule has 2 saturated heterocycles. The predicted molar refractivity (Wildman–Crippen MR) is 94.4 cm³/mol. The Morgan fingerprint density at radius 1 is 1.08 bits per heavy atom. The molecule has 2 fully saturated rings. The third kappa shape index (κ3) is 2.43. The van der Waals surface area contributed by atoms with Crippen molar-refractivity contribution in [1.29, 1.82) is 0 Å². The first-order chi connectivity index (χ1) is 12.2. The molecular formula is C20H26N2O3. The Morgan fingerprint density at radius 2 is 1.84 bits per heavy atom. The fourth-order valence-corrected chi connectivity index (χ4v) is 5.08. The summed E-state index contributed by atoms with van der Waals surface area (Å²) in [4.78, 5) is 30.0. The van der Waals surface area contributed by atoms with Gasteiger partial charge in [0.2, 0.25) is 0 Å². The van der Waals surface area contributed by atoms with Crippen molar-refractivity contribution in [1.82, 2.24) is 9.80 Å². The van der Waals surface area contributed by atoms with E-state index in [1.54, 1.807) is 0 Å². The lowest BCUT2D eigenvalue weighted by molar-refractivity contribution is -0.151. The molecule has 25 heavy (non-hydrogen) atoms. The highest BCUT2D eigenvalue weighted by Crippen LogP contribution is 2.48. The van der Waals surface area contributed by atoms with Gasteiger partial charge in [-0.25, -0.2) is 4.79 Å². The summed E-state index contributed by atoms with van der Waals surface area (Å²) in [7, 11) is 1.46. The van der Waals surface area contributed by atoms with Gasteiger partial charge in [0.05, 0.1) is 13.2 Å². The van der Waals surface area contributed by atoms with Crippen LogP contribution in [-0.4, -0.2) is 54.6 Å². The number of hydrogen-bond donors (Lipinski definition) is 0. The second-order valence-electron chi connectivity index (χ2n) is 7.47. The van der Waals surface area contributed by atoms with Crippen molar-refractivity contribution in [2.75, 3.05) is 26.7 Å². The summed E-state index contributed by atoms with van der Waals surface area (Å²) in [5.74, 6) is -0.196. The van der Waals surface area contributed by atoms with Gasteiger partial charge in [-0.2, -0.15) is 0 Å². The molecule has 5 heteroatoms. The normalized spacial score (nSPS) is 28.3. The number of amides is 2. The van der Waals surface area contributed by atoms with Gasteiger partial charge in [0, 0.05) is 19.6 Å². The lowest BCUT2D eigenvalue weighted by Gasteiger charge is -2.46. The zero-order valence-electron chi connectivity index (χ0n) is 14.9. The first-order valence-electron chi connectivity index (χ1n) is 9.41. The van der Waals surface area contributed by atoms with E-state index < -0.39 is 5.41 Å². The molecule has 2 amide bonds. The van der Waals surface area contributed by atoms with Gasteiger partial charge in [0.15, 0.2) is 0 Å². The molecule has 4 rings (SSSR count). The van der Waals surface area contributed by atoms with Gasteiger partial charge in [-0.1, -0.05) is 24.3 Å². The minimum atomic E-state index is -0.699. The number of esters is 1. The standard InChI is InChI=1S/C20H26N2O3/c1-25-18(23)20-10-7-13-22(19(24)21-11-5-2-6-12-21)17(20)14-15-8-3-4-9-16(15)20/h3-4,8-9,17H,2,5-7,10-14H2,1H3. The molecule has 1 aliphatic carbocycles. The maximum Gasteiger partial charge on any atom is 0.320 e. The zero-order valence-corrected chi connectivity index (χ0v) is 14.9. The fourth-order valence-electron chi connectivity index (χ4n) is 5.08. The molecule has 0 radical (unpaired) electrons. The van der Waals surface area contributed by atoms with Gasteiger partial charge in [-0.3, -0.25) is 4.79 Å². The molecule has 1 aromatic rings. The Balaban J connectivity index is 1.71. The quantitative estimate of drug-likeness (QED) is 0.738. The van der Waals surface area contributed by atoms with E-state index >= 15 is 0 Å². The Labute approximate surface area is 148 Å². The predicted octanol–water partition coefficient (Wildman–Crippen LogP) is 2.72. The summed E-state index contributed by atoms with van der Waals surface area (Å²) >= 11 is 0. The van der Waals surface area contributed by atoms with Gasteiger partial charge in [-0.05, 0) is 49.7 Å². The number of carbonyl (C=O) groups excluding carboxylic acids is 2. The van der Waals surface area contributed by atoms with E-state index in [-0.39, 0.29) is 18.0 Å². The SMILES string of the molecule is COC(=O)C12CCCN(C(=O)N3CCCCC3)C1Cc1ccccc12. The van der Waals surface area contributed by atoms with E-state index in [4.69, 9.17) is 4.74 Å². The van der Waals surface area contributed by atoms with E-state index in [9.17, 15) is 9.59 Å². The Morgan fingerprint density at radius 3 is 2.60 bits per heavy atom. The molecule has 134 valence electrons. The molecule has 3 aliphatic rings. The van der Waals surface area contributed by atoms with Crippen molar-refractivity contribution in [2.45, 2.75) is 50.0 Å². The lowest BCUT2D eigenvalue weighted by atomic mass is 9.72. The molecule has 2 unspecified atom stereocenters. The molecular weight excluding hydrogens is 316 g/mol. The molecule has 2 heterocycles. The summed E-state index contributed by atoms with van der Waals surface area (Å²) < 4.78 is 5.23. The fraction of sp³-hybridized carbons (Fsp3) is 0.600. The van der Waals surface area contributed by atoms with Crippen molar-refractivity contribution in [2.24, 2.45) is 0 Å². The van der Waals surface area contributed by atoms with Gasteiger partial charge in [0.1, 0.15) is 5.41 Å². The van der Waals surface area contributed by atoms with Crippen LogP contribution in [-0.2, 0) is 21.4 Å². The largest absolute Gasteiger partial charge is 0.468 e. The van der Waals surface area contributed by atoms with Crippen LogP contribution in [0.4, 0.5) is 4.79 Å². The maximum absolute atomic E-state index is 13.2. The second kappa shape index (κ2) is 6.36. The van der Waals surface area contributed by atoms with E-state index in [0.717, 1.165) is 57.3 Å². The summed E-state index contributed by atoms with van der Waals surface area (Å²) in [5, 5.41) is 0. The number of benzene rings is 1. The number of fused-ring (bicyclic) bond motifs is 3. The average Bonchev–Trinajstić information content (AvgIpc) is 3.03. The van der Waals surface area contributed by atoms with Crippen LogP contribution >= 0.6 is 0 Å². The lowest BCUT2D eigenvalue weighted by Crippen LogP contribution is -2.61. The zero-order chi connectivity index (χ0) is 17.4. The van der Waals surface area contributed by atoms with Crippen LogP contribution in [0.5, 0.6) is 0 Å². The number of likely N-dealkylation sites (tertiary alicyclic amines) is 2. The smallest absolute Gasteiger partial charge is 0.320 e. The molecule has 0 spiro atoms. The Bertz CT molecular complexity index is 683. The van der Waals surface area contributed by atoms with Crippen LogP contribution < -0.4 is 0 Å². The molecule has 2 aliphatic heterocycles. The van der Waals surface area contributed by atoms with E-state index in [1.807, 2.05) is 28.0 Å². The molecule has 0 N–H and O–H groups in total. The summed E-state index contributed by atoms with van der Waals surface area (Å²) in [6, 6.07) is 8.10. The number of rotatable bonds is 1. The molecule has 2 atom stereocenters. The van der Waals surface area contributed by atoms with Crippen LogP contribution in [0.25, 0.3) is 0 Å². The number of carbonyl (C=O) groups is 2. The summed E-state index contributed by atoms with van der Waals surface area (Å²) in [6.07, 6.45) is 5.68. The van der Waals surface area contributed by atoms with Crippen LogP contribution in [0.3, 0.4) is 0 Å². The maximum atomic E-state index is 13.2. The number of nitrogens with zero attached hydrogens (tertiary/aromatic N) is 2. The topological polar surface area (TPSA) is 49.9 Å². The Kier molecular flexibility index (Phi) is 4.18. The first kappa shape index (κ1) is 16.4. The van der Waals surface area contributed by atoms with Crippen molar-refractivity contribution in [3.63, 3.8) is 0 Å². The van der Waals surface area contributed by atoms with E-state index in [1.165, 1.54) is 19.1 Å². The number of urea groups is 1. The van der Waals surface area contributed by atoms with Crippen molar-refractivity contribution >= 4 is 12.0 Å². The highest BCUT2D eigenvalue weighted by Gasteiger charge is 2.58. The van der Waals surface area contributed by atoms with Gasteiger partial charge in [0.25, 0.3) is 0 Å². The number of piperidine rings is 2. The van der Waals surface area contributed by atoms with Crippen LogP contribution in [0.1, 0.15) is 43.2 Å². The molecule has 5 nitrogen and oxygen atoms in total. The third-order valence-electron chi connectivity index (χ3n) is 6.25. The van der Waals surface area contributed by atoms with E-state index in [0.29, 0.717) is 0 Å². The van der Waals surface area contributed by atoms with Gasteiger partial charge >= 0.3 is 12.0 Å². The number of hydrogen-bond acceptors (Lipinski definition) is 3. The third-order valence-corrected chi connectivity index (χ3v) is 6.25. The van der Waals surface area contributed by atoms with Crippen molar-refractivity contribution < 1.29 is 14.3 Å². The number of methoxy groups -OCH3 is 1. The monoisotopic (exact) mass is 342 g/mol. The highest BCUT2D eigenvalue weighted by molar-refractivity contribution is 5.88. The molecule has 0 bridgehead atoms. The Hall–Kier alpha value is -2.04. The average molecular weight is 342 g/mol. The van der Waals surface area contributed by atoms with Crippen LogP contribution in [0.2, 0.25) is 0 Å². The van der Waals surface area contributed by atoms with Gasteiger partial charge < -0.3 is 14.5 Å². The van der Waals surface area contributed by atoms with Crippen molar-refractivity contribution in [3.8, 4) is 0 Å². The summed E-state index contributed by atoms with van der Waals surface area (Å²) in [6.45, 7) is 2.40. The van der Waals surface area contributed by atoms with Crippen LogP contribution in [0.15, 0.2) is 24.3 Å².